The van der Waals surface area contributed by atoms with Gasteiger partial charge in [-0.1, -0.05) is 0 Å². The van der Waals surface area contributed by atoms with Crippen LogP contribution >= 0.6 is 0 Å². The van der Waals surface area contributed by atoms with E-state index in [1.54, 1.807) is 7.11 Å². The molecule has 0 bridgehead atoms. The Balaban J connectivity index is 1.48. The summed E-state index contributed by atoms with van der Waals surface area (Å²) in [5.74, 6) is 1.76. The van der Waals surface area contributed by atoms with Crippen LogP contribution in [0.3, 0.4) is 0 Å². The standard InChI is InChI=1S/C18H27N3O2/c1-19-8-7-15(14-19)13-18(22)21-11-9-20(10-12-21)16-3-5-17(23-2)6-4-16/h3-6,15H,7-14H2,1-2H3. The van der Waals surface area contributed by atoms with E-state index < -0.39 is 0 Å². The second-order valence-corrected chi connectivity index (χ2v) is 6.69. The number of hydrogen-bond donors (Lipinski definition) is 0. The van der Waals surface area contributed by atoms with E-state index >= 15 is 0 Å². The van der Waals surface area contributed by atoms with Crippen molar-refractivity contribution in [3.05, 3.63) is 24.3 Å². The van der Waals surface area contributed by atoms with E-state index in [0.29, 0.717) is 18.2 Å². The van der Waals surface area contributed by atoms with Crippen molar-refractivity contribution in [2.24, 2.45) is 5.92 Å². The number of hydrogen-bond acceptors (Lipinski definition) is 4. The summed E-state index contributed by atoms with van der Waals surface area (Å²) in [4.78, 5) is 19.2. The van der Waals surface area contributed by atoms with Crippen LogP contribution in [0.1, 0.15) is 12.8 Å². The number of carbonyl (C=O) groups is 1. The van der Waals surface area contributed by atoms with Crippen molar-refractivity contribution in [1.29, 1.82) is 0 Å². The highest BCUT2D eigenvalue weighted by Crippen LogP contribution is 2.22. The van der Waals surface area contributed by atoms with E-state index in [1.807, 2.05) is 17.0 Å². The Labute approximate surface area is 138 Å². The maximum absolute atomic E-state index is 12.5. The Morgan fingerprint density at radius 3 is 2.39 bits per heavy atom. The number of rotatable bonds is 4. The summed E-state index contributed by atoms with van der Waals surface area (Å²) in [5, 5.41) is 0. The molecule has 126 valence electrons. The Hall–Kier alpha value is -1.75. The largest absolute Gasteiger partial charge is 0.497 e. The van der Waals surface area contributed by atoms with E-state index in [-0.39, 0.29) is 0 Å². The molecule has 5 heteroatoms. The number of anilines is 1. The Morgan fingerprint density at radius 2 is 1.83 bits per heavy atom. The highest BCUT2D eigenvalue weighted by Gasteiger charge is 2.26. The van der Waals surface area contributed by atoms with Crippen molar-refractivity contribution in [1.82, 2.24) is 9.80 Å². The topological polar surface area (TPSA) is 36.0 Å². The van der Waals surface area contributed by atoms with Gasteiger partial charge in [0.2, 0.25) is 5.91 Å². The quantitative estimate of drug-likeness (QED) is 0.847. The minimum atomic E-state index is 0.333. The van der Waals surface area contributed by atoms with Gasteiger partial charge in [-0.15, -0.1) is 0 Å². The molecule has 0 saturated carbocycles. The molecule has 1 aromatic rings. The van der Waals surface area contributed by atoms with Crippen molar-refractivity contribution >= 4 is 11.6 Å². The molecule has 3 rings (SSSR count). The monoisotopic (exact) mass is 317 g/mol. The van der Waals surface area contributed by atoms with Crippen LogP contribution in [-0.2, 0) is 4.79 Å². The summed E-state index contributed by atoms with van der Waals surface area (Å²) < 4.78 is 5.20. The highest BCUT2D eigenvalue weighted by molar-refractivity contribution is 5.77. The summed E-state index contributed by atoms with van der Waals surface area (Å²) in [6.45, 7) is 5.66. The lowest BCUT2D eigenvalue weighted by Crippen LogP contribution is -2.49. The molecule has 23 heavy (non-hydrogen) atoms. The van der Waals surface area contributed by atoms with Crippen LogP contribution in [0, 0.1) is 5.92 Å². The van der Waals surface area contributed by atoms with Crippen LogP contribution in [-0.4, -0.2) is 69.1 Å². The van der Waals surface area contributed by atoms with Gasteiger partial charge in [0.05, 0.1) is 7.11 Å². The molecule has 2 aliphatic heterocycles. The van der Waals surface area contributed by atoms with Gasteiger partial charge in [0.1, 0.15) is 5.75 Å². The van der Waals surface area contributed by atoms with Gasteiger partial charge >= 0.3 is 0 Å². The first-order valence-electron chi connectivity index (χ1n) is 8.51. The number of methoxy groups -OCH3 is 1. The first kappa shape index (κ1) is 16.1. The van der Waals surface area contributed by atoms with Crippen molar-refractivity contribution in [2.75, 3.05) is 58.3 Å². The second kappa shape index (κ2) is 7.21. The Morgan fingerprint density at radius 1 is 1.13 bits per heavy atom. The van der Waals surface area contributed by atoms with Gasteiger partial charge in [-0.2, -0.15) is 0 Å². The summed E-state index contributed by atoms with van der Waals surface area (Å²) in [7, 11) is 3.82. The number of likely N-dealkylation sites (tertiary alicyclic amines) is 1. The van der Waals surface area contributed by atoms with Crippen LogP contribution in [0.2, 0.25) is 0 Å². The molecular formula is C18H27N3O2. The average Bonchev–Trinajstić information content (AvgIpc) is 3.00. The lowest BCUT2D eigenvalue weighted by atomic mass is 10.0. The molecule has 2 heterocycles. The summed E-state index contributed by atoms with van der Waals surface area (Å²) >= 11 is 0. The minimum Gasteiger partial charge on any atom is -0.497 e. The fourth-order valence-electron chi connectivity index (χ4n) is 3.58. The minimum absolute atomic E-state index is 0.333. The summed E-state index contributed by atoms with van der Waals surface area (Å²) in [6, 6.07) is 8.16. The number of carbonyl (C=O) groups excluding carboxylic acids is 1. The lowest BCUT2D eigenvalue weighted by molar-refractivity contribution is -0.132. The number of amides is 1. The van der Waals surface area contributed by atoms with E-state index in [4.69, 9.17) is 4.74 Å². The zero-order valence-corrected chi connectivity index (χ0v) is 14.2. The Bertz CT molecular complexity index is 524. The second-order valence-electron chi connectivity index (χ2n) is 6.69. The van der Waals surface area contributed by atoms with Gasteiger partial charge in [0.25, 0.3) is 0 Å². The first-order valence-corrected chi connectivity index (χ1v) is 8.51. The van der Waals surface area contributed by atoms with Crippen LogP contribution < -0.4 is 9.64 Å². The molecule has 1 unspecified atom stereocenters. The van der Waals surface area contributed by atoms with Gasteiger partial charge in [0.15, 0.2) is 0 Å². The molecular weight excluding hydrogens is 290 g/mol. The molecule has 0 aromatic heterocycles. The molecule has 2 fully saturated rings. The van der Waals surface area contributed by atoms with Gasteiger partial charge in [0, 0.05) is 44.8 Å². The lowest BCUT2D eigenvalue weighted by Gasteiger charge is -2.36. The van der Waals surface area contributed by atoms with Gasteiger partial charge < -0.3 is 19.4 Å². The average molecular weight is 317 g/mol. The summed E-state index contributed by atoms with van der Waals surface area (Å²) in [6.07, 6.45) is 1.88. The van der Waals surface area contributed by atoms with Crippen molar-refractivity contribution in [3.63, 3.8) is 0 Å². The third-order valence-corrected chi connectivity index (χ3v) is 5.02. The third-order valence-electron chi connectivity index (χ3n) is 5.02. The molecule has 1 aromatic carbocycles. The van der Waals surface area contributed by atoms with Gasteiger partial charge in [-0.3, -0.25) is 4.79 Å². The van der Waals surface area contributed by atoms with Crippen molar-refractivity contribution in [2.45, 2.75) is 12.8 Å². The van der Waals surface area contributed by atoms with Crippen molar-refractivity contribution < 1.29 is 9.53 Å². The highest BCUT2D eigenvalue weighted by atomic mass is 16.5. The normalized spacial score (nSPS) is 22.4. The van der Waals surface area contributed by atoms with E-state index in [0.717, 1.165) is 51.4 Å². The predicted molar refractivity (Wildman–Crippen MR) is 92.0 cm³/mol. The number of nitrogens with zero attached hydrogens (tertiary/aromatic N) is 3. The molecule has 0 radical (unpaired) electrons. The maximum atomic E-state index is 12.5. The molecule has 0 spiro atoms. The van der Waals surface area contributed by atoms with Crippen LogP contribution in [0.4, 0.5) is 5.69 Å². The predicted octanol–water partition coefficient (Wildman–Crippen LogP) is 1.69. The molecule has 1 amide bonds. The Kier molecular flexibility index (Phi) is 5.06. The first-order chi connectivity index (χ1) is 11.2. The van der Waals surface area contributed by atoms with E-state index in [1.165, 1.54) is 5.69 Å². The zero-order chi connectivity index (χ0) is 16.2. The molecule has 2 aliphatic rings. The molecule has 0 aliphatic carbocycles. The van der Waals surface area contributed by atoms with E-state index in [9.17, 15) is 4.79 Å². The van der Waals surface area contributed by atoms with Gasteiger partial charge in [-0.05, 0) is 50.2 Å². The fourth-order valence-corrected chi connectivity index (χ4v) is 3.58. The van der Waals surface area contributed by atoms with Gasteiger partial charge in [-0.25, -0.2) is 0 Å². The molecule has 0 N–H and O–H groups in total. The zero-order valence-electron chi connectivity index (χ0n) is 14.2. The van der Waals surface area contributed by atoms with Crippen LogP contribution in [0.5, 0.6) is 5.75 Å². The number of ether oxygens (including phenoxy) is 1. The van der Waals surface area contributed by atoms with Crippen LogP contribution in [0.25, 0.3) is 0 Å². The van der Waals surface area contributed by atoms with E-state index in [2.05, 4.69) is 29.0 Å². The summed E-state index contributed by atoms with van der Waals surface area (Å²) in [5.41, 5.74) is 1.20. The molecule has 1 atom stereocenters. The smallest absolute Gasteiger partial charge is 0.223 e. The molecule has 2 saturated heterocycles. The maximum Gasteiger partial charge on any atom is 0.223 e. The number of piperazine rings is 1. The SMILES string of the molecule is COc1ccc(N2CCN(C(=O)CC3CCN(C)C3)CC2)cc1. The fraction of sp³-hybridized carbons (Fsp3) is 0.611. The third kappa shape index (κ3) is 3.96. The van der Waals surface area contributed by atoms with Crippen molar-refractivity contribution in [3.8, 4) is 5.75 Å². The number of benzene rings is 1. The molecule has 5 nitrogen and oxygen atoms in total. The van der Waals surface area contributed by atoms with Crippen LogP contribution in [0.15, 0.2) is 24.3 Å².